The first kappa shape index (κ1) is 22.7. The maximum atomic E-state index is 13.1. The Balaban J connectivity index is 1.50. The lowest BCUT2D eigenvalue weighted by molar-refractivity contribution is 0.0856. The zero-order chi connectivity index (χ0) is 23.0. The number of aromatic nitrogens is 1. The van der Waals surface area contributed by atoms with Crippen LogP contribution in [0.15, 0.2) is 47.1 Å². The van der Waals surface area contributed by atoms with Crippen molar-refractivity contribution in [2.45, 2.75) is 63.7 Å². The van der Waals surface area contributed by atoms with E-state index in [0.29, 0.717) is 6.54 Å². The Morgan fingerprint density at radius 2 is 1.88 bits per heavy atom. The number of hydrogen-bond acceptors (Lipinski definition) is 5. The lowest BCUT2D eigenvalue weighted by Crippen LogP contribution is -2.51. The Hall–Kier alpha value is -2.45. The number of amides is 1. The van der Waals surface area contributed by atoms with Gasteiger partial charge >= 0.3 is 0 Å². The van der Waals surface area contributed by atoms with Crippen LogP contribution in [0.2, 0.25) is 0 Å². The second-order valence-corrected chi connectivity index (χ2v) is 11.3. The summed E-state index contributed by atoms with van der Waals surface area (Å²) < 4.78 is 25.3. The van der Waals surface area contributed by atoms with Gasteiger partial charge in [0.15, 0.2) is 9.84 Å². The topological polar surface area (TPSA) is 88.5 Å². The van der Waals surface area contributed by atoms with E-state index in [1.807, 2.05) is 38.1 Å². The number of rotatable bonds is 7. The van der Waals surface area contributed by atoms with Crippen molar-refractivity contribution in [3.63, 3.8) is 0 Å². The minimum atomic E-state index is -3.23. The van der Waals surface area contributed by atoms with E-state index in [2.05, 4.69) is 16.8 Å². The van der Waals surface area contributed by atoms with Gasteiger partial charge in [-0.2, -0.15) is 0 Å². The molecule has 3 atom stereocenters. The zero-order valence-electron chi connectivity index (χ0n) is 18.7. The molecule has 0 saturated carbocycles. The molecule has 2 aliphatic heterocycles. The van der Waals surface area contributed by atoms with Gasteiger partial charge in [-0.1, -0.05) is 24.8 Å². The van der Waals surface area contributed by atoms with Gasteiger partial charge in [0.25, 0.3) is 11.5 Å². The third-order valence-corrected chi connectivity index (χ3v) is 8.07. The van der Waals surface area contributed by atoms with Crippen molar-refractivity contribution in [3.05, 3.63) is 58.2 Å². The molecule has 1 amide bonds. The lowest BCUT2D eigenvalue weighted by atomic mass is 9.97. The molecule has 0 radical (unpaired) electrons. The Bertz CT molecular complexity index is 1190. The van der Waals surface area contributed by atoms with Crippen LogP contribution in [0.4, 0.5) is 0 Å². The molecule has 1 aromatic heterocycles. The molecule has 2 saturated heterocycles. The number of sulfone groups is 1. The summed E-state index contributed by atoms with van der Waals surface area (Å²) in [7, 11) is -3.23. The molecule has 2 aromatic rings. The highest BCUT2D eigenvalue weighted by atomic mass is 32.2. The quantitative estimate of drug-likeness (QED) is 0.691. The largest absolute Gasteiger partial charge is 0.349 e. The summed E-state index contributed by atoms with van der Waals surface area (Å²) in [5, 5.41) is 4.99. The van der Waals surface area contributed by atoms with Crippen LogP contribution in [0.1, 0.15) is 55.9 Å². The van der Waals surface area contributed by atoms with E-state index < -0.39 is 9.84 Å². The number of nitrogens with zero attached hydrogens (tertiary/aromatic N) is 2. The second kappa shape index (κ2) is 8.83. The van der Waals surface area contributed by atoms with Crippen LogP contribution in [0, 0.1) is 0 Å². The number of para-hydroxylation sites is 1. The van der Waals surface area contributed by atoms with Crippen molar-refractivity contribution in [2.24, 2.45) is 0 Å². The van der Waals surface area contributed by atoms with E-state index >= 15 is 0 Å². The van der Waals surface area contributed by atoms with Crippen molar-refractivity contribution in [1.82, 2.24) is 14.8 Å². The average molecular weight is 458 g/mol. The smallest absolute Gasteiger partial charge is 0.264 e. The van der Waals surface area contributed by atoms with Crippen LogP contribution < -0.4 is 10.9 Å². The van der Waals surface area contributed by atoms with E-state index in [1.165, 1.54) is 0 Å². The summed E-state index contributed by atoms with van der Waals surface area (Å²) in [6.07, 6.45) is 3.53. The second-order valence-electron chi connectivity index (χ2n) is 9.18. The first-order valence-corrected chi connectivity index (χ1v) is 13.0. The molecule has 1 unspecified atom stereocenters. The van der Waals surface area contributed by atoms with Gasteiger partial charge < -0.3 is 9.88 Å². The zero-order valence-corrected chi connectivity index (χ0v) is 19.5. The standard InChI is InChI=1S/C24H31N3O4S/c1-4-32(30,31)12-11-26-19-9-10-20(26)15-18(14-19)25-23(28)21-13-17-7-5-6-8-22(17)27(16(2)3)24(21)29/h4-8,13,16,18-20H,1,9-12,14-15H2,2-3H3,(H,25,28)/t18?,19-,20+. The Labute approximate surface area is 189 Å². The van der Waals surface area contributed by atoms with Gasteiger partial charge in [-0.05, 0) is 57.0 Å². The fourth-order valence-electron chi connectivity index (χ4n) is 5.30. The SMILES string of the molecule is C=CS(=O)(=O)CCN1[C@@H]2CC[C@H]1CC(NC(=O)c1cc3ccccc3n(C(C)C)c1=O)C2. The van der Waals surface area contributed by atoms with Crippen LogP contribution in [0.25, 0.3) is 10.9 Å². The third kappa shape index (κ3) is 4.38. The Morgan fingerprint density at radius 1 is 1.22 bits per heavy atom. The molecule has 1 N–H and O–H groups in total. The molecule has 2 bridgehead atoms. The first-order valence-electron chi connectivity index (χ1n) is 11.3. The number of hydrogen-bond donors (Lipinski definition) is 1. The molecule has 2 fully saturated rings. The van der Waals surface area contributed by atoms with Crippen molar-refractivity contribution >= 4 is 26.6 Å². The summed E-state index contributed by atoms with van der Waals surface area (Å²) in [4.78, 5) is 28.5. The minimum Gasteiger partial charge on any atom is -0.349 e. The van der Waals surface area contributed by atoms with Crippen LogP contribution in [0.5, 0.6) is 0 Å². The highest BCUT2D eigenvalue weighted by Gasteiger charge is 2.41. The highest BCUT2D eigenvalue weighted by molar-refractivity contribution is 7.94. The number of carbonyl (C=O) groups excluding carboxylic acids is 1. The van der Waals surface area contributed by atoms with Crippen LogP contribution in [-0.2, 0) is 9.84 Å². The van der Waals surface area contributed by atoms with Gasteiger partial charge in [0.2, 0.25) is 0 Å². The molecule has 2 aliphatic rings. The fourth-order valence-corrected chi connectivity index (χ4v) is 5.93. The van der Waals surface area contributed by atoms with Gasteiger partial charge in [-0.25, -0.2) is 8.42 Å². The number of fused-ring (bicyclic) bond motifs is 3. The predicted octanol–water partition coefficient (Wildman–Crippen LogP) is 2.87. The van der Waals surface area contributed by atoms with Crippen molar-refractivity contribution < 1.29 is 13.2 Å². The molecule has 32 heavy (non-hydrogen) atoms. The fraction of sp³-hybridized carbons (Fsp3) is 0.500. The van der Waals surface area contributed by atoms with E-state index in [1.54, 1.807) is 10.6 Å². The lowest BCUT2D eigenvalue weighted by Gasteiger charge is -2.39. The van der Waals surface area contributed by atoms with Crippen LogP contribution >= 0.6 is 0 Å². The molecule has 0 spiro atoms. The molecule has 4 rings (SSSR count). The van der Waals surface area contributed by atoms with E-state index in [0.717, 1.165) is 42.0 Å². The monoisotopic (exact) mass is 457 g/mol. The van der Waals surface area contributed by atoms with Gasteiger partial charge in [0.05, 0.1) is 11.3 Å². The molecule has 7 nitrogen and oxygen atoms in total. The number of carbonyl (C=O) groups is 1. The summed E-state index contributed by atoms with van der Waals surface area (Å²) in [5.74, 6) is -0.256. The maximum absolute atomic E-state index is 13.1. The van der Waals surface area contributed by atoms with Crippen LogP contribution in [0.3, 0.4) is 0 Å². The van der Waals surface area contributed by atoms with Crippen LogP contribution in [-0.4, -0.2) is 54.2 Å². The normalized spacial score (nSPS) is 23.5. The Morgan fingerprint density at radius 3 is 2.50 bits per heavy atom. The molecule has 1 aromatic carbocycles. The van der Waals surface area contributed by atoms with Crippen molar-refractivity contribution in [3.8, 4) is 0 Å². The predicted molar refractivity (Wildman–Crippen MR) is 127 cm³/mol. The maximum Gasteiger partial charge on any atom is 0.264 e. The Kier molecular flexibility index (Phi) is 6.27. The van der Waals surface area contributed by atoms with Gasteiger partial charge in [0, 0.05) is 36.1 Å². The summed E-state index contributed by atoms with van der Waals surface area (Å²) >= 11 is 0. The summed E-state index contributed by atoms with van der Waals surface area (Å²) in [5.41, 5.74) is 0.723. The van der Waals surface area contributed by atoms with Gasteiger partial charge in [0.1, 0.15) is 5.56 Å². The minimum absolute atomic E-state index is 0.0226. The summed E-state index contributed by atoms with van der Waals surface area (Å²) in [6.45, 7) is 7.76. The van der Waals surface area contributed by atoms with E-state index in [9.17, 15) is 18.0 Å². The average Bonchev–Trinajstić information content (AvgIpc) is 2.99. The van der Waals surface area contributed by atoms with Crippen molar-refractivity contribution in [2.75, 3.05) is 12.3 Å². The van der Waals surface area contributed by atoms with E-state index in [4.69, 9.17) is 0 Å². The molecule has 8 heteroatoms. The number of pyridine rings is 1. The molecular formula is C24H31N3O4S. The number of piperidine rings is 1. The van der Waals surface area contributed by atoms with Crippen molar-refractivity contribution in [1.29, 1.82) is 0 Å². The molecular weight excluding hydrogens is 426 g/mol. The van der Waals surface area contributed by atoms with Gasteiger partial charge in [-0.15, -0.1) is 0 Å². The first-order chi connectivity index (χ1) is 15.2. The molecule has 172 valence electrons. The van der Waals surface area contributed by atoms with Gasteiger partial charge in [-0.3, -0.25) is 14.5 Å². The number of nitrogens with one attached hydrogen (secondary N) is 1. The third-order valence-electron chi connectivity index (χ3n) is 6.81. The van der Waals surface area contributed by atoms with E-state index in [-0.39, 0.29) is 47.0 Å². The molecule has 3 heterocycles. The number of benzene rings is 1. The highest BCUT2D eigenvalue weighted by Crippen LogP contribution is 2.35. The molecule has 0 aliphatic carbocycles. The summed E-state index contributed by atoms with van der Waals surface area (Å²) in [6, 6.07) is 9.72.